The monoisotopic (exact) mass is 354 g/mol. The molecule has 6 nitrogen and oxygen atoms in total. The van der Waals surface area contributed by atoms with Gasteiger partial charge in [-0.25, -0.2) is 4.98 Å². The van der Waals surface area contributed by atoms with Gasteiger partial charge in [0.15, 0.2) is 0 Å². The lowest BCUT2D eigenvalue weighted by Gasteiger charge is -2.08. The second-order valence-electron chi connectivity index (χ2n) is 5.99. The van der Waals surface area contributed by atoms with E-state index in [1.54, 1.807) is 0 Å². The van der Waals surface area contributed by atoms with Gasteiger partial charge in [-0.3, -0.25) is 0 Å². The van der Waals surface area contributed by atoms with E-state index in [9.17, 15) is 0 Å². The lowest BCUT2D eigenvalue weighted by atomic mass is 10.1. The summed E-state index contributed by atoms with van der Waals surface area (Å²) < 4.78 is 13.3. The molecule has 0 N–H and O–H groups in total. The molecule has 130 valence electrons. The molecule has 3 heterocycles. The fourth-order valence-electron chi connectivity index (χ4n) is 3.00. The number of ether oxygens (including phenoxy) is 1. The summed E-state index contributed by atoms with van der Waals surface area (Å²) in [5.41, 5.74) is 3.77. The first-order valence-corrected chi connectivity index (χ1v) is 8.43. The van der Waals surface area contributed by atoms with Crippen molar-refractivity contribution in [2.75, 3.05) is 0 Å². The zero-order valence-electron chi connectivity index (χ0n) is 14.2. The molecule has 0 unspecified atom stereocenters. The van der Waals surface area contributed by atoms with Crippen LogP contribution in [0.5, 0.6) is 11.5 Å². The zero-order chi connectivity index (χ0) is 18.1. The maximum absolute atomic E-state index is 6.04. The zero-order valence-corrected chi connectivity index (χ0v) is 14.2. The van der Waals surface area contributed by atoms with Crippen molar-refractivity contribution in [3.63, 3.8) is 0 Å². The maximum atomic E-state index is 6.04. The standard InChI is InChI=1S/C21H14N4O2/c1-2-10-25-13-22-20(19(25)9-1)15-5-3-7-17(11-15)27-18-8-4-6-16(12-18)21-24-23-14-26-21/h1-14H. The second kappa shape index (κ2) is 6.42. The lowest BCUT2D eigenvalue weighted by molar-refractivity contribution is 0.482. The van der Waals surface area contributed by atoms with Crippen molar-refractivity contribution in [3.05, 3.63) is 85.6 Å². The first-order chi connectivity index (χ1) is 13.4. The highest BCUT2D eigenvalue weighted by atomic mass is 16.5. The van der Waals surface area contributed by atoms with Crippen molar-refractivity contribution in [1.82, 2.24) is 19.6 Å². The van der Waals surface area contributed by atoms with E-state index < -0.39 is 0 Å². The predicted molar refractivity (Wildman–Crippen MR) is 100 cm³/mol. The van der Waals surface area contributed by atoms with E-state index in [2.05, 4.69) is 15.2 Å². The number of fused-ring (bicyclic) bond motifs is 1. The third-order valence-corrected chi connectivity index (χ3v) is 4.23. The van der Waals surface area contributed by atoms with Crippen LogP contribution >= 0.6 is 0 Å². The van der Waals surface area contributed by atoms with Crippen LogP contribution in [0.4, 0.5) is 0 Å². The fraction of sp³-hybridized carbons (Fsp3) is 0. The van der Waals surface area contributed by atoms with Crippen molar-refractivity contribution < 1.29 is 9.15 Å². The Morgan fingerprint density at radius 3 is 2.48 bits per heavy atom. The number of aromatic nitrogens is 4. The van der Waals surface area contributed by atoms with Crippen molar-refractivity contribution in [1.29, 1.82) is 0 Å². The largest absolute Gasteiger partial charge is 0.457 e. The lowest BCUT2D eigenvalue weighted by Crippen LogP contribution is -1.87. The molecule has 0 aliphatic carbocycles. The number of nitrogens with zero attached hydrogens (tertiary/aromatic N) is 4. The Morgan fingerprint density at radius 2 is 1.67 bits per heavy atom. The highest BCUT2D eigenvalue weighted by Gasteiger charge is 2.09. The Labute approximate surface area is 154 Å². The van der Waals surface area contributed by atoms with Gasteiger partial charge in [0.05, 0.1) is 17.5 Å². The molecule has 0 spiro atoms. The van der Waals surface area contributed by atoms with Crippen LogP contribution in [0.1, 0.15) is 0 Å². The Kier molecular flexibility index (Phi) is 3.65. The Hall–Kier alpha value is -3.93. The predicted octanol–water partition coefficient (Wildman–Crippen LogP) is 4.84. The molecule has 2 aromatic carbocycles. The highest BCUT2D eigenvalue weighted by Crippen LogP contribution is 2.30. The van der Waals surface area contributed by atoms with Crippen LogP contribution in [-0.2, 0) is 0 Å². The number of hydrogen-bond donors (Lipinski definition) is 0. The summed E-state index contributed by atoms with van der Waals surface area (Å²) in [6, 6.07) is 21.5. The van der Waals surface area contributed by atoms with Gasteiger partial charge < -0.3 is 13.6 Å². The Bertz CT molecular complexity index is 1210. The van der Waals surface area contributed by atoms with Crippen molar-refractivity contribution in [3.8, 4) is 34.2 Å². The van der Waals surface area contributed by atoms with Gasteiger partial charge in [0.2, 0.25) is 12.3 Å². The van der Waals surface area contributed by atoms with Gasteiger partial charge in [0, 0.05) is 17.3 Å². The van der Waals surface area contributed by atoms with E-state index in [0.29, 0.717) is 11.6 Å². The number of rotatable bonds is 4. The van der Waals surface area contributed by atoms with E-state index in [-0.39, 0.29) is 0 Å². The van der Waals surface area contributed by atoms with E-state index in [1.807, 2.05) is 83.7 Å². The number of pyridine rings is 1. The minimum Gasteiger partial charge on any atom is -0.457 e. The minimum atomic E-state index is 0.457. The van der Waals surface area contributed by atoms with E-state index >= 15 is 0 Å². The molecule has 0 aliphatic heterocycles. The van der Waals surface area contributed by atoms with Crippen LogP contribution in [0.25, 0.3) is 28.2 Å². The summed E-state index contributed by atoms with van der Waals surface area (Å²) in [6.07, 6.45) is 5.10. The number of hydrogen-bond acceptors (Lipinski definition) is 5. The summed E-state index contributed by atoms with van der Waals surface area (Å²) in [6.45, 7) is 0. The highest BCUT2D eigenvalue weighted by molar-refractivity contribution is 5.77. The molecule has 0 aliphatic rings. The van der Waals surface area contributed by atoms with E-state index in [0.717, 1.165) is 28.1 Å². The maximum Gasteiger partial charge on any atom is 0.247 e. The molecular formula is C21H14N4O2. The van der Waals surface area contributed by atoms with Crippen LogP contribution in [0.3, 0.4) is 0 Å². The first kappa shape index (κ1) is 15.3. The van der Waals surface area contributed by atoms with Gasteiger partial charge in [-0.05, 0) is 42.5 Å². The number of imidazole rings is 1. The topological polar surface area (TPSA) is 65.5 Å². The molecule has 0 saturated heterocycles. The average molecular weight is 354 g/mol. The van der Waals surface area contributed by atoms with Gasteiger partial charge in [-0.2, -0.15) is 0 Å². The molecule has 0 fully saturated rings. The van der Waals surface area contributed by atoms with Crippen LogP contribution in [-0.4, -0.2) is 19.6 Å². The molecule has 5 rings (SSSR count). The summed E-state index contributed by atoms with van der Waals surface area (Å²) in [5, 5.41) is 7.64. The van der Waals surface area contributed by atoms with Gasteiger partial charge >= 0.3 is 0 Å². The molecule has 0 bridgehead atoms. The summed E-state index contributed by atoms with van der Waals surface area (Å²) in [4.78, 5) is 4.54. The summed E-state index contributed by atoms with van der Waals surface area (Å²) in [7, 11) is 0. The van der Waals surface area contributed by atoms with Gasteiger partial charge in [-0.1, -0.05) is 24.3 Å². The molecule has 0 saturated carbocycles. The molecule has 27 heavy (non-hydrogen) atoms. The molecule has 6 heteroatoms. The molecule has 0 radical (unpaired) electrons. The molecular weight excluding hydrogens is 340 g/mol. The van der Waals surface area contributed by atoms with E-state index in [4.69, 9.17) is 9.15 Å². The third-order valence-electron chi connectivity index (χ3n) is 4.23. The fourth-order valence-corrected chi connectivity index (χ4v) is 3.00. The smallest absolute Gasteiger partial charge is 0.247 e. The average Bonchev–Trinajstić information content (AvgIpc) is 3.39. The molecule has 0 amide bonds. The van der Waals surface area contributed by atoms with Crippen molar-refractivity contribution in [2.24, 2.45) is 0 Å². The molecule has 5 aromatic rings. The van der Waals surface area contributed by atoms with Crippen molar-refractivity contribution >= 4 is 5.52 Å². The molecule has 0 atom stereocenters. The van der Waals surface area contributed by atoms with Crippen molar-refractivity contribution in [2.45, 2.75) is 0 Å². The number of benzene rings is 2. The SMILES string of the molecule is c1cc(Oc2cccc(-c3ncn4ccccc34)c2)cc(-c2nnco2)c1. The Morgan fingerprint density at radius 1 is 0.852 bits per heavy atom. The van der Waals surface area contributed by atoms with E-state index in [1.165, 1.54) is 6.39 Å². The molecule has 3 aromatic heterocycles. The summed E-state index contributed by atoms with van der Waals surface area (Å²) in [5.74, 6) is 1.88. The second-order valence-corrected chi connectivity index (χ2v) is 5.99. The van der Waals surface area contributed by atoms with Crippen LogP contribution in [0.15, 0.2) is 90.1 Å². The Balaban J connectivity index is 1.47. The van der Waals surface area contributed by atoms with Gasteiger partial charge in [0.1, 0.15) is 11.5 Å². The summed E-state index contributed by atoms with van der Waals surface area (Å²) >= 11 is 0. The van der Waals surface area contributed by atoms with Gasteiger partial charge in [-0.15, -0.1) is 10.2 Å². The normalized spacial score (nSPS) is 11.0. The van der Waals surface area contributed by atoms with Crippen LogP contribution in [0.2, 0.25) is 0 Å². The van der Waals surface area contributed by atoms with Crippen LogP contribution in [0, 0.1) is 0 Å². The first-order valence-electron chi connectivity index (χ1n) is 8.43. The minimum absolute atomic E-state index is 0.457. The van der Waals surface area contributed by atoms with Crippen LogP contribution < -0.4 is 4.74 Å². The quantitative estimate of drug-likeness (QED) is 0.462. The van der Waals surface area contributed by atoms with Gasteiger partial charge in [0.25, 0.3) is 0 Å². The third kappa shape index (κ3) is 2.93.